The van der Waals surface area contributed by atoms with E-state index in [2.05, 4.69) is 10.3 Å². The number of aliphatic imine (C=N–C) groups is 1. The van der Waals surface area contributed by atoms with Crippen molar-refractivity contribution >= 4 is 40.8 Å². The largest absolute Gasteiger partial charge is 0.466 e. The van der Waals surface area contributed by atoms with Crippen LogP contribution in [0.2, 0.25) is 5.02 Å². The Morgan fingerprint density at radius 3 is 2.75 bits per heavy atom. The summed E-state index contributed by atoms with van der Waals surface area (Å²) in [5, 5.41) is 5.59. The molecule has 2 atom stereocenters. The van der Waals surface area contributed by atoms with Gasteiger partial charge in [0.1, 0.15) is 17.5 Å². The summed E-state index contributed by atoms with van der Waals surface area (Å²) < 4.78 is 25.2. The number of hydrogen-bond acceptors (Lipinski definition) is 8. The lowest BCUT2D eigenvalue weighted by atomic mass is 9.86. The van der Waals surface area contributed by atoms with Gasteiger partial charge in [-0.15, -0.1) is 11.3 Å². The van der Waals surface area contributed by atoms with Crippen molar-refractivity contribution in [2.24, 2.45) is 10.9 Å². The zero-order valence-corrected chi connectivity index (χ0v) is 22.1. The third-order valence-electron chi connectivity index (χ3n) is 5.87. The van der Waals surface area contributed by atoms with Gasteiger partial charge < -0.3 is 19.7 Å². The Morgan fingerprint density at radius 1 is 1.31 bits per heavy atom. The van der Waals surface area contributed by atoms with Gasteiger partial charge in [-0.2, -0.15) is 0 Å². The highest BCUT2D eigenvalue weighted by molar-refractivity contribution is 7.11. The van der Waals surface area contributed by atoms with Gasteiger partial charge in [-0.25, -0.2) is 19.0 Å². The summed E-state index contributed by atoms with van der Waals surface area (Å²) >= 11 is 7.73. The zero-order valence-electron chi connectivity index (χ0n) is 20.5. The molecular formula is C25H28ClFN4O4S. The topological polar surface area (TPSA) is 93.1 Å². The third-order valence-corrected chi connectivity index (χ3v) is 7.05. The van der Waals surface area contributed by atoms with E-state index in [4.69, 9.17) is 26.1 Å². The van der Waals surface area contributed by atoms with Gasteiger partial charge in [0.2, 0.25) is 0 Å². The highest BCUT2D eigenvalue weighted by Crippen LogP contribution is 2.40. The van der Waals surface area contributed by atoms with Crippen LogP contribution in [0.3, 0.4) is 0 Å². The molecule has 0 aliphatic carbocycles. The van der Waals surface area contributed by atoms with Crippen LogP contribution < -0.4 is 5.32 Å². The van der Waals surface area contributed by atoms with Crippen LogP contribution in [0, 0.1) is 11.7 Å². The van der Waals surface area contributed by atoms with Crippen LogP contribution in [0.4, 0.5) is 9.18 Å². The molecule has 2 aliphatic heterocycles. The normalized spacial score (nSPS) is 20.5. The molecule has 0 saturated carbocycles. The maximum atomic E-state index is 14.4. The number of methoxy groups -OCH3 is 1. The van der Waals surface area contributed by atoms with E-state index in [9.17, 15) is 14.0 Å². The smallest absolute Gasteiger partial charge is 0.410 e. The van der Waals surface area contributed by atoms with Crippen molar-refractivity contribution in [2.45, 2.75) is 45.3 Å². The number of hydrogen-bond donors (Lipinski definition) is 1. The highest BCUT2D eigenvalue weighted by Gasteiger charge is 2.39. The second-order valence-electron chi connectivity index (χ2n) is 9.57. The molecule has 1 fully saturated rings. The van der Waals surface area contributed by atoms with Gasteiger partial charge in [0, 0.05) is 41.8 Å². The van der Waals surface area contributed by atoms with Crippen molar-refractivity contribution < 1.29 is 23.5 Å². The van der Waals surface area contributed by atoms with E-state index in [-0.39, 0.29) is 16.5 Å². The minimum Gasteiger partial charge on any atom is -0.466 e. The van der Waals surface area contributed by atoms with E-state index < -0.39 is 29.5 Å². The first kappa shape index (κ1) is 26.1. The molecule has 1 aromatic carbocycles. The molecule has 3 heterocycles. The van der Waals surface area contributed by atoms with Crippen LogP contribution in [-0.2, 0) is 14.3 Å². The van der Waals surface area contributed by atoms with Gasteiger partial charge in [0.15, 0.2) is 10.8 Å². The summed E-state index contributed by atoms with van der Waals surface area (Å²) in [4.78, 5) is 36.7. The Kier molecular flexibility index (Phi) is 7.65. The maximum absolute atomic E-state index is 14.4. The molecule has 8 nitrogen and oxygen atoms in total. The van der Waals surface area contributed by atoms with Crippen molar-refractivity contribution in [1.82, 2.24) is 15.2 Å². The fraction of sp³-hybridized carbons (Fsp3) is 0.440. The molecule has 1 aromatic heterocycles. The van der Waals surface area contributed by atoms with E-state index in [1.807, 2.05) is 26.2 Å². The van der Waals surface area contributed by atoms with Crippen LogP contribution in [0.5, 0.6) is 0 Å². The molecule has 1 amide bonds. The number of nitrogens with zero attached hydrogens (tertiary/aromatic N) is 3. The van der Waals surface area contributed by atoms with Crippen LogP contribution in [0.1, 0.15) is 50.2 Å². The van der Waals surface area contributed by atoms with Gasteiger partial charge in [0.05, 0.1) is 17.7 Å². The number of thiazole rings is 1. The standard InChI is InChI=1S/C25H28ClFN4O4S/c1-25(2,3)35-24(33)31-11-6-7-14(13-31)19-17(23(32)34-4)20(15-8-5-9-16(27)18(15)26)30-21(29-19)22-28-10-12-36-22/h5,8-10,12,14,20H,6-7,11,13H2,1-4H3,(H,29,30). The van der Waals surface area contributed by atoms with Crippen molar-refractivity contribution in [3.8, 4) is 0 Å². The molecule has 0 bridgehead atoms. The van der Waals surface area contributed by atoms with E-state index in [0.717, 1.165) is 0 Å². The Balaban J connectivity index is 1.80. The summed E-state index contributed by atoms with van der Waals surface area (Å²) in [6.07, 6.45) is 2.65. The van der Waals surface area contributed by atoms with E-state index in [0.29, 0.717) is 48.0 Å². The van der Waals surface area contributed by atoms with Gasteiger partial charge in [0.25, 0.3) is 0 Å². The fourth-order valence-electron chi connectivity index (χ4n) is 4.33. The SMILES string of the molecule is COC(=O)C1=C(C2CCCN(C(=O)OC(C)(C)C)C2)NC(c2nccs2)=NC1c1cccc(F)c1Cl. The number of halogens is 2. The number of carbonyl (C=O) groups excluding carboxylic acids is 2. The lowest BCUT2D eigenvalue weighted by molar-refractivity contribution is -0.136. The van der Waals surface area contributed by atoms with Gasteiger partial charge in [-0.05, 0) is 39.7 Å². The molecule has 1 saturated heterocycles. The van der Waals surface area contributed by atoms with Gasteiger partial charge >= 0.3 is 12.1 Å². The summed E-state index contributed by atoms with van der Waals surface area (Å²) in [7, 11) is 1.28. The number of aromatic nitrogens is 1. The van der Waals surface area contributed by atoms with Crippen LogP contribution in [-0.4, -0.2) is 53.6 Å². The quantitative estimate of drug-likeness (QED) is 0.548. The summed E-state index contributed by atoms with van der Waals surface area (Å²) in [5.74, 6) is -1.04. The van der Waals surface area contributed by atoms with E-state index >= 15 is 0 Å². The van der Waals surface area contributed by atoms with Gasteiger partial charge in [-0.3, -0.25) is 4.99 Å². The first-order chi connectivity index (χ1) is 17.1. The second-order valence-corrected chi connectivity index (χ2v) is 10.8. The lowest BCUT2D eigenvalue weighted by Gasteiger charge is -2.37. The first-order valence-corrected chi connectivity index (χ1v) is 12.8. The van der Waals surface area contributed by atoms with Crippen LogP contribution in [0.25, 0.3) is 0 Å². The highest BCUT2D eigenvalue weighted by atomic mass is 35.5. The molecular weight excluding hydrogens is 507 g/mol. The number of rotatable bonds is 4. The van der Waals surface area contributed by atoms with Crippen molar-refractivity contribution in [3.05, 3.63) is 62.5 Å². The molecule has 1 N–H and O–H groups in total. The molecule has 36 heavy (non-hydrogen) atoms. The molecule has 11 heteroatoms. The van der Waals surface area contributed by atoms with Gasteiger partial charge in [-0.1, -0.05) is 23.7 Å². The molecule has 0 spiro atoms. The number of amidine groups is 1. The Morgan fingerprint density at radius 2 is 2.08 bits per heavy atom. The molecule has 0 radical (unpaired) electrons. The number of ether oxygens (including phenoxy) is 2. The molecule has 2 unspecified atom stereocenters. The van der Waals surface area contributed by atoms with Crippen molar-refractivity contribution in [1.29, 1.82) is 0 Å². The summed E-state index contributed by atoms with van der Waals surface area (Å²) in [6.45, 7) is 6.32. The van der Waals surface area contributed by atoms with Crippen molar-refractivity contribution in [3.63, 3.8) is 0 Å². The summed E-state index contributed by atoms with van der Waals surface area (Å²) in [6, 6.07) is 3.49. The number of amides is 1. The number of carbonyl (C=O) groups is 2. The fourth-order valence-corrected chi connectivity index (χ4v) is 5.15. The minimum atomic E-state index is -0.923. The van der Waals surface area contributed by atoms with Crippen molar-refractivity contribution in [2.75, 3.05) is 20.2 Å². The number of esters is 1. The maximum Gasteiger partial charge on any atom is 0.410 e. The third kappa shape index (κ3) is 5.54. The Labute approximate surface area is 218 Å². The predicted octanol–water partition coefficient (Wildman–Crippen LogP) is 5.10. The van der Waals surface area contributed by atoms with E-state index in [1.54, 1.807) is 17.2 Å². The summed E-state index contributed by atoms with van der Waals surface area (Å²) in [5.41, 5.74) is 0.486. The number of piperidine rings is 1. The molecule has 2 aliphatic rings. The van der Waals surface area contributed by atoms with Crippen LogP contribution >= 0.6 is 22.9 Å². The Hall–Kier alpha value is -2.98. The Bertz CT molecular complexity index is 1210. The number of nitrogens with one attached hydrogen (secondary N) is 1. The number of likely N-dealkylation sites (tertiary alicyclic amines) is 1. The first-order valence-electron chi connectivity index (χ1n) is 11.6. The second kappa shape index (κ2) is 10.6. The average Bonchev–Trinajstić information content (AvgIpc) is 3.39. The average molecular weight is 535 g/mol. The van der Waals surface area contributed by atoms with E-state index in [1.165, 1.54) is 30.6 Å². The molecule has 192 valence electrons. The molecule has 2 aromatic rings. The zero-order chi connectivity index (χ0) is 26.0. The number of benzene rings is 1. The minimum absolute atomic E-state index is 0.119. The molecule has 4 rings (SSSR count). The lowest BCUT2D eigenvalue weighted by Crippen LogP contribution is -2.46. The monoisotopic (exact) mass is 534 g/mol. The van der Waals surface area contributed by atoms with Crippen LogP contribution in [0.15, 0.2) is 46.0 Å². The predicted molar refractivity (Wildman–Crippen MR) is 136 cm³/mol.